The van der Waals surface area contributed by atoms with Crippen LogP contribution in [0.2, 0.25) is 0 Å². The second-order valence-electron chi connectivity index (χ2n) is 4.92. The van der Waals surface area contributed by atoms with Crippen molar-refractivity contribution in [1.82, 2.24) is 10.6 Å². The van der Waals surface area contributed by atoms with Crippen LogP contribution in [0.3, 0.4) is 0 Å². The average Bonchev–Trinajstić information content (AvgIpc) is 2.57. The van der Waals surface area contributed by atoms with Crippen LogP contribution in [0.1, 0.15) is 25.3 Å². The zero-order valence-electron chi connectivity index (χ0n) is 13.8. The molecule has 0 aliphatic heterocycles. The van der Waals surface area contributed by atoms with Crippen LogP contribution in [0, 0.1) is 0 Å². The summed E-state index contributed by atoms with van der Waals surface area (Å²) >= 11 is 0. The van der Waals surface area contributed by atoms with E-state index in [2.05, 4.69) is 34.7 Å². The second kappa shape index (κ2) is 13.1. The van der Waals surface area contributed by atoms with Gasteiger partial charge in [-0.25, -0.2) is 0 Å². The Kier molecular flexibility index (Phi) is 11.0. The first-order valence-corrected chi connectivity index (χ1v) is 8.00. The standard InChI is InChI=1S/C17H29N3O2/c1-3-4-11-21-13-14-22-12-10-19-17(18-2)20-15-16-8-6-5-7-9-16/h5-9H,3-4,10-15H2,1-2H3,(H2,18,19,20). The molecule has 1 aromatic carbocycles. The van der Waals surface area contributed by atoms with Crippen molar-refractivity contribution >= 4 is 5.96 Å². The molecule has 0 spiro atoms. The molecule has 0 aromatic heterocycles. The van der Waals surface area contributed by atoms with Crippen LogP contribution in [0.25, 0.3) is 0 Å². The maximum Gasteiger partial charge on any atom is 0.191 e. The molecule has 0 aliphatic rings. The molecule has 0 heterocycles. The van der Waals surface area contributed by atoms with Gasteiger partial charge in [0.05, 0.1) is 19.8 Å². The fraction of sp³-hybridized carbons (Fsp3) is 0.588. The molecule has 0 atom stereocenters. The third-order valence-corrected chi connectivity index (χ3v) is 3.08. The minimum atomic E-state index is 0.640. The predicted octanol–water partition coefficient (Wildman–Crippen LogP) is 2.18. The number of ether oxygens (including phenoxy) is 2. The Balaban J connectivity index is 2.00. The number of rotatable bonds is 11. The van der Waals surface area contributed by atoms with Crippen molar-refractivity contribution in [2.24, 2.45) is 4.99 Å². The summed E-state index contributed by atoms with van der Waals surface area (Å²) < 4.78 is 10.9. The largest absolute Gasteiger partial charge is 0.379 e. The zero-order chi connectivity index (χ0) is 15.9. The molecule has 0 saturated carbocycles. The summed E-state index contributed by atoms with van der Waals surface area (Å²) in [5.74, 6) is 0.784. The first-order valence-electron chi connectivity index (χ1n) is 8.00. The van der Waals surface area contributed by atoms with E-state index in [-0.39, 0.29) is 0 Å². The number of benzene rings is 1. The van der Waals surface area contributed by atoms with Gasteiger partial charge in [0.1, 0.15) is 0 Å². The van der Waals surface area contributed by atoms with Gasteiger partial charge in [-0.15, -0.1) is 0 Å². The number of hydrogen-bond acceptors (Lipinski definition) is 3. The van der Waals surface area contributed by atoms with Gasteiger partial charge in [0, 0.05) is 26.7 Å². The van der Waals surface area contributed by atoms with E-state index in [1.807, 2.05) is 18.2 Å². The second-order valence-corrected chi connectivity index (χ2v) is 4.92. The van der Waals surface area contributed by atoms with Gasteiger partial charge >= 0.3 is 0 Å². The van der Waals surface area contributed by atoms with E-state index < -0.39 is 0 Å². The molecule has 0 fully saturated rings. The number of nitrogens with zero attached hydrogens (tertiary/aromatic N) is 1. The van der Waals surface area contributed by atoms with Gasteiger partial charge in [-0.3, -0.25) is 4.99 Å². The summed E-state index contributed by atoms with van der Waals surface area (Å²) in [6, 6.07) is 10.2. The van der Waals surface area contributed by atoms with Gasteiger partial charge in [-0.05, 0) is 12.0 Å². The van der Waals surface area contributed by atoms with E-state index in [0.29, 0.717) is 19.8 Å². The fourth-order valence-electron chi connectivity index (χ4n) is 1.81. The lowest BCUT2D eigenvalue weighted by Crippen LogP contribution is -2.38. The fourth-order valence-corrected chi connectivity index (χ4v) is 1.81. The zero-order valence-corrected chi connectivity index (χ0v) is 13.8. The van der Waals surface area contributed by atoms with Crippen LogP contribution < -0.4 is 10.6 Å². The third kappa shape index (κ3) is 9.37. The molecule has 5 heteroatoms. The third-order valence-electron chi connectivity index (χ3n) is 3.08. The summed E-state index contributed by atoms with van der Waals surface area (Å²) in [5, 5.41) is 6.49. The molecule has 0 bridgehead atoms. The topological polar surface area (TPSA) is 54.9 Å². The molecule has 22 heavy (non-hydrogen) atoms. The van der Waals surface area contributed by atoms with Gasteiger partial charge < -0.3 is 20.1 Å². The SMILES string of the molecule is CCCCOCCOCCNC(=NC)NCc1ccccc1. The Morgan fingerprint density at radius 2 is 1.73 bits per heavy atom. The molecule has 0 unspecified atom stereocenters. The van der Waals surface area contributed by atoms with Crippen molar-refractivity contribution in [1.29, 1.82) is 0 Å². The lowest BCUT2D eigenvalue weighted by molar-refractivity contribution is 0.0487. The molecule has 124 valence electrons. The molecule has 0 radical (unpaired) electrons. The summed E-state index contributed by atoms with van der Waals surface area (Å²) in [6.45, 7) is 6.42. The highest BCUT2D eigenvalue weighted by Gasteiger charge is 1.97. The monoisotopic (exact) mass is 307 g/mol. The number of aliphatic imine (C=N–C) groups is 1. The van der Waals surface area contributed by atoms with Crippen molar-refractivity contribution < 1.29 is 9.47 Å². The minimum absolute atomic E-state index is 0.640. The van der Waals surface area contributed by atoms with Crippen molar-refractivity contribution in [2.45, 2.75) is 26.3 Å². The van der Waals surface area contributed by atoms with Crippen LogP contribution in [-0.2, 0) is 16.0 Å². The van der Waals surface area contributed by atoms with Crippen LogP contribution in [0.4, 0.5) is 0 Å². The van der Waals surface area contributed by atoms with Crippen LogP contribution in [0.15, 0.2) is 35.3 Å². The van der Waals surface area contributed by atoms with E-state index in [4.69, 9.17) is 9.47 Å². The molecule has 2 N–H and O–H groups in total. The van der Waals surface area contributed by atoms with Crippen LogP contribution in [-0.4, -0.2) is 46.0 Å². The normalized spacial score (nSPS) is 11.5. The maximum atomic E-state index is 5.50. The molecule has 1 aromatic rings. The Bertz CT molecular complexity index is 396. The molecule has 1 rings (SSSR count). The molecular weight excluding hydrogens is 278 g/mol. The highest BCUT2D eigenvalue weighted by Crippen LogP contribution is 1.96. The first-order chi connectivity index (χ1) is 10.9. The number of nitrogens with one attached hydrogen (secondary N) is 2. The molecule has 0 saturated heterocycles. The van der Waals surface area contributed by atoms with Gasteiger partial charge in [0.25, 0.3) is 0 Å². The van der Waals surface area contributed by atoms with E-state index in [9.17, 15) is 0 Å². The summed E-state index contributed by atoms with van der Waals surface area (Å²) in [5.41, 5.74) is 1.23. The Morgan fingerprint density at radius 1 is 1.00 bits per heavy atom. The first kappa shape index (κ1) is 18.5. The van der Waals surface area contributed by atoms with Crippen LogP contribution >= 0.6 is 0 Å². The molecule has 5 nitrogen and oxygen atoms in total. The van der Waals surface area contributed by atoms with E-state index in [1.54, 1.807) is 7.05 Å². The van der Waals surface area contributed by atoms with Crippen molar-refractivity contribution in [2.75, 3.05) is 40.0 Å². The average molecular weight is 307 g/mol. The Morgan fingerprint density at radius 3 is 2.41 bits per heavy atom. The highest BCUT2D eigenvalue weighted by molar-refractivity contribution is 5.79. The maximum absolute atomic E-state index is 5.50. The van der Waals surface area contributed by atoms with Crippen molar-refractivity contribution in [3.63, 3.8) is 0 Å². The predicted molar refractivity (Wildman–Crippen MR) is 91.2 cm³/mol. The quantitative estimate of drug-likeness (QED) is 0.374. The molecule has 0 amide bonds. The van der Waals surface area contributed by atoms with Crippen LogP contribution in [0.5, 0.6) is 0 Å². The van der Waals surface area contributed by atoms with Gasteiger partial charge in [-0.1, -0.05) is 43.7 Å². The summed E-state index contributed by atoms with van der Waals surface area (Å²) in [4.78, 5) is 4.18. The minimum Gasteiger partial charge on any atom is -0.379 e. The van der Waals surface area contributed by atoms with E-state index in [1.165, 1.54) is 12.0 Å². The van der Waals surface area contributed by atoms with Crippen molar-refractivity contribution in [3.05, 3.63) is 35.9 Å². The number of unbranched alkanes of at least 4 members (excludes halogenated alkanes) is 1. The summed E-state index contributed by atoms with van der Waals surface area (Å²) in [7, 11) is 1.77. The summed E-state index contributed by atoms with van der Waals surface area (Å²) in [6.07, 6.45) is 2.28. The van der Waals surface area contributed by atoms with E-state index in [0.717, 1.165) is 32.1 Å². The lowest BCUT2D eigenvalue weighted by Gasteiger charge is -2.12. The molecule has 0 aliphatic carbocycles. The number of guanidine groups is 1. The van der Waals surface area contributed by atoms with Gasteiger partial charge in [0.15, 0.2) is 5.96 Å². The lowest BCUT2D eigenvalue weighted by atomic mass is 10.2. The Labute approximate surface area is 134 Å². The highest BCUT2D eigenvalue weighted by atomic mass is 16.5. The van der Waals surface area contributed by atoms with Crippen molar-refractivity contribution in [3.8, 4) is 0 Å². The smallest absolute Gasteiger partial charge is 0.191 e. The van der Waals surface area contributed by atoms with Gasteiger partial charge in [0.2, 0.25) is 0 Å². The van der Waals surface area contributed by atoms with Gasteiger partial charge in [-0.2, -0.15) is 0 Å². The molecular formula is C17H29N3O2. The Hall–Kier alpha value is -1.59. The van der Waals surface area contributed by atoms with E-state index >= 15 is 0 Å². The number of hydrogen-bond donors (Lipinski definition) is 2.